The number of carboxylic acid groups (broad SMARTS) is 1. The topological polar surface area (TPSA) is 116 Å². The number of carboxylic acids is 1. The summed E-state index contributed by atoms with van der Waals surface area (Å²) in [5.41, 5.74) is 0.707. The van der Waals surface area contributed by atoms with Crippen molar-refractivity contribution < 1.29 is 29.3 Å². The molecule has 2 aliphatic rings. The number of aromatic hydroxyl groups is 1. The molecule has 0 unspecified atom stereocenters. The van der Waals surface area contributed by atoms with Crippen molar-refractivity contribution in [2.24, 2.45) is 11.8 Å². The molecule has 0 aromatic heterocycles. The smallest absolute Gasteiger partial charge is 0.321 e. The molecule has 2 aliphatic heterocycles. The fraction of sp³-hybridized carbons (Fsp3) is 0.250. The number of ether oxygens (including phenoxy) is 1. The zero-order chi connectivity index (χ0) is 20.0. The Morgan fingerprint density at radius 1 is 1.04 bits per heavy atom. The Labute approximate surface area is 160 Å². The Hall–Kier alpha value is -3.39. The number of nitrogens with one attached hydrogen (secondary N) is 1. The second-order valence-electron chi connectivity index (χ2n) is 6.76. The van der Waals surface area contributed by atoms with E-state index in [1.807, 2.05) is 0 Å². The minimum Gasteiger partial charge on any atom is -0.504 e. The SMILES string of the molecule is COc1cccc([C@@H]2N[C@H](C(=O)O)[C@H]3C(=O)N(c4ccccc4)C(=O)[C@H]32)c1O. The van der Waals surface area contributed by atoms with Gasteiger partial charge >= 0.3 is 5.97 Å². The fourth-order valence-corrected chi connectivity index (χ4v) is 4.11. The van der Waals surface area contributed by atoms with Crippen LogP contribution in [0.25, 0.3) is 0 Å². The average molecular weight is 382 g/mol. The molecule has 0 saturated carbocycles. The molecule has 3 N–H and O–H groups in total. The molecule has 2 aromatic carbocycles. The third kappa shape index (κ3) is 2.53. The van der Waals surface area contributed by atoms with E-state index in [9.17, 15) is 24.6 Å². The number of hydrogen-bond acceptors (Lipinski definition) is 6. The van der Waals surface area contributed by atoms with Gasteiger partial charge in [0.15, 0.2) is 11.5 Å². The highest BCUT2D eigenvalue weighted by Gasteiger charge is 2.61. The van der Waals surface area contributed by atoms with Crippen LogP contribution in [0.3, 0.4) is 0 Å². The molecule has 4 rings (SSSR count). The monoisotopic (exact) mass is 382 g/mol. The maximum atomic E-state index is 13.2. The van der Waals surface area contributed by atoms with Gasteiger partial charge in [-0.15, -0.1) is 0 Å². The van der Waals surface area contributed by atoms with Crippen molar-refractivity contribution >= 4 is 23.5 Å². The molecular weight excluding hydrogens is 364 g/mol. The molecule has 8 heteroatoms. The lowest BCUT2D eigenvalue weighted by Crippen LogP contribution is -2.43. The molecular formula is C20H18N2O6. The number of carbonyl (C=O) groups is 3. The number of amides is 2. The van der Waals surface area contributed by atoms with Gasteiger partial charge < -0.3 is 14.9 Å². The number of hydrogen-bond donors (Lipinski definition) is 3. The number of phenols is 1. The zero-order valence-corrected chi connectivity index (χ0v) is 14.9. The highest BCUT2D eigenvalue weighted by Crippen LogP contribution is 2.48. The van der Waals surface area contributed by atoms with Crippen molar-refractivity contribution in [1.82, 2.24) is 5.32 Å². The number of methoxy groups -OCH3 is 1. The van der Waals surface area contributed by atoms with Gasteiger partial charge in [0.05, 0.1) is 24.6 Å². The van der Waals surface area contributed by atoms with Crippen LogP contribution in [0.4, 0.5) is 5.69 Å². The summed E-state index contributed by atoms with van der Waals surface area (Å²) in [6.45, 7) is 0. The third-order valence-corrected chi connectivity index (χ3v) is 5.34. The first-order chi connectivity index (χ1) is 13.5. The van der Waals surface area contributed by atoms with Gasteiger partial charge in [-0.25, -0.2) is 4.90 Å². The molecule has 2 amide bonds. The predicted octanol–water partition coefficient (Wildman–Crippen LogP) is 1.30. The highest BCUT2D eigenvalue weighted by molar-refractivity contribution is 6.23. The first kappa shape index (κ1) is 18.0. The van der Waals surface area contributed by atoms with Crippen molar-refractivity contribution in [2.75, 3.05) is 12.0 Å². The minimum atomic E-state index is -1.24. The summed E-state index contributed by atoms with van der Waals surface area (Å²) in [4.78, 5) is 39.0. The molecule has 0 radical (unpaired) electrons. The van der Waals surface area contributed by atoms with Crippen molar-refractivity contribution in [3.05, 3.63) is 54.1 Å². The summed E-state index contributed by atoms with van der Waals surface area (Å²) >= 11 is 0. The number of benzene rings is 2. The summed E-state index contributed by atoms with van der Waals surface area (Å²) in [6, 6.07) is 11.1. The van der Waals surface area contributed by atoms with Gasteiger partial charge in [0.25, 0.3) is 0 Å². The second-order valence-corrected chi connectivity index (χ2v) is 6.76. The van der Waals surface area contributed by atoms with Gasteiger partial charge in [-0.2, -0.15) is 0 Å². The Bertz CT molecular complexity index is 960. The van der Waals surface area contributed by atoms with Gasteiger partial charge in [0, 0.05) is 11.6 Å². The van der Waals surface area contributed by atoms with Gasteiger partial charge in [-0.1, -0.05) is 30.3 Å². The number of fused-ring (bicyclic) bond motifs is 1. The molecule has 0 bridgehead atoms. The summed E-state index contributed by atoms with van der Waals surface area (Å²) < 4.78 is 5.11. The molecule has 2 fully saturated rings. The largest absolute Gasteiger partial charge is 0.504 e. The van der Waals surface area contributed by atoms with E-state index in [4.69, 9.17) is 4.74 Å². The normalized spacial score (nSPS) is 26.4. The molecule has 28 heavy (non-hydrogen) atoms. The van der Waals surface area contributed by atoms with Gasteiger partial charge in [-0.05, 0) is 18.2 Å². The van der Waals surface area contributed by atoms with Crippen molar-refractivity contribution in [2.45, 2.75) is 12.1 Å². The predicted molar refractivity (Wildman–Crippen MR) is 97.9 cm³/mol. The highest BCUT2D eigenvalue weighted by atomic mass is 16.5. The molecule has 8 nitrogen and oxygen atoms in total. The van der Waals surface area contributed by atoms with Crippen molar-refractivity contribution in [3.8, 4) is 11.5 Å². The summed E-state index contributed by atoms with van der Waals surface area (Å²) in [5, 5.41) is 23.0. The molecule has 0 spiro atoms. The first-order valence-electron chi connectivity index (χ1n) is 8.73. The van der Waals surface area contributed by atoms with Crippen molar-refractivity contribution in [3.63, 3.8) is 0 Å². The van der Waals surface area contributed by atoms with E-state index < -0.39 is 41.7 Å². The molecule has 2 heterocycles. The number of carbonyl (C=O) groups excluding carboxylic acids is 2. The van der Waals surface area contributed by atoms with E-state index in [1.54, 1.807) is 48.5 Å². The first-order valence-corrected chi connectivity index (χ1v) is 8.73. The second kappa shape index (κ2) is 6.65. The molecule has 4 atom stereocenters. The van der Waals surface area contributed by atoms with Crippen LogP contribution in [0.15, 0.2) is 48.5 Å². The lowest BCUT2D eigenvalue weighted by Gasteiger charge is -2.22. The molecule has 0 aliphatic carbocycles. The van der Waals surface area contributed by atoms with Crippen LogP contribution >= 0.6 is 0 Å². The average Bonchev–Trinajstić information content (AvgIpc) is 3.20. The van der Waals surface area contributed by atoms with E-state index in [1.165, 1.54) is 7.11 Å². The van der Waals surface area contributed by atoms with E-state index in [2.05, 4.69) is 5.32 Å². The van der Waals surface area contributed by atoms with Crippen LogP contribution in [0.5, 0.6) is 11.5 Å². The Morgan fingerprint density at radius 2 is 1.71 bits per heavy atom. The van der Waals surface area contributed by atoms with Gasteiger partial charge in [0.2, 0.25) is 11.8 Å². The summed E-state index contributed by atoms with van der Waals surface area (Å²) in [7, 11) is 1.39. The molecule has 2 saturated heterocycles. The van der Waals surface area contributed by atoms with Crippen LogP contribution in [-0.2, 0) is 14.4 Å². The zero-order valence-electron chi connectivity index (χ0n) is 14.9. The van der Waals surface area contributed by atoms with E-state index in [-0.39, 0.29) is 11.5 Å². The third-order valence-electron chi connectivity index (χ3n) is 5.34. The van der Waals surface area contributed by atoms with Crippen LogP contribution in [0.1, 0.15) is 11.6 Å². The van der Waals surface area contributed by atoms with Crippen LogP contribution < -0.4 is 15.0 Å². The number of phenolic OH excluding ortho intramolecular Hbond substituents is 1. The van der Waals surface area contributed by atoms with Gasteiger partial charge in [0.1, 0.15) is 6.04 Å². The van der Waals surface area contributed by atoms with E-state index >= 15 is 0 Å². The van der Waals surface area contributed by atoms with E-state index in [0.29, 0.717) is 11.3 Å². The molecule has 2 aromatic rings. The van der Waals surface area contributed by atoms with E-state index in [0.717, 1.165) is 4.90 Å². The number of nitrogens with zero attached hydrogens (tertiary/aromatic N) is 1. The number of anilines is 1. The quantitative estimate of drug-likeness (QED) is 0.683. The maximum Gasteiger partial charge on any atom is 0.321 e. The lowest BCUT2D eigenvalue weighted by atomic mass is 9.86. The summed E-state index contributed by atoms with van der Waals surface area (Å²) in [6.07, 6.45) is 0. The number of rotatable bonds is 4. The standard InChI is InChI=1S/C20H18N2O6/c1-28-12-9-5-8-11(17(12)23)15-13-14(16(21-15)20(26)27)19(25)22(18(13)24)10-6-3-2-4-7-10/h2-9,13-16,21,23H,1H3,(H,26,27)/t13-,14+,15+,16+/m1/s1. The Kier molecular flexibility index (Phi) is 4.27. The molecule has 144 valence electrons. The Morgan fingerprint density at radius 3 is 2.36 bits per heavy atom. The number of imide groups is 1. The number of aliphatic carboxylic acids is 1. The fourth-order valence-electron chi connectivity index (χ4n) is 4.11. The van der Waals surface area contributed by atoms with Crippen LogP contribution in [0.2, 0.25) is 0 Å². The van der Waals surface area contributed by atoms with Crippen LogP contribution in [0, 0.1) is 11.8 Å². The van der Waals surface area contributed by atoms with Crippen LogP contribution in [-0.4, -0.2) is 41.1 Å². The van der Waals surface area contributed by atoms with Gasteiger partial charge in [-0.3, -0.25) is 19.7 Å². The Balaban J connectivity index is 1.81. The maximum absolute atomic E-state index is 13.2. The lowest BCUT2D eigenvalue weighted by molar-refractivity contribution is -0.142. The number of para-hydroxylation sites is 2. The summed E-state index contributed by atoms with van der Waals surface area (Å²) in [5.74, 6) is -4.30. The minimum absolute atomic E-state index is 0.189. The van der Waals surface area contributed by atoms with Crippen molar-refractivity contribution in [1.29, 1.82) is 0 Å².